The molecule has 142 valence electrons. The highest BCUT2D eigenvalue weighted by atomic mass is 19.1. The average Bonchev–Trinajstić information content (AvgIpc) is 2.69. The van der Waals surface area contributed by atoms with E-state index in [1.165, 1.54) is 24.3 Å². The quantitative estimate of drug-likeness (QED) is 0.578. The molecule has 2 aromatic carbocycles. The third kappa shape index (κ3) is 6.58. The summed E-state index contributed by atoms with van der Waals surface area (Å²) in [6.45, 7) is 3.97. The number of para-hydroxylation sites is 1. The maximum absolute atomic E-state index is 12.8. The molecule has 0 fully saturated rings. The molecule has 0 saturated heterocycles. The van der Waals surface area contributed by atoms with Crippen molar-refractivity contribution in [1.82, 2.24) is 10.9 Å². The molecule has 6 heteroatoms. The van der Waals surface area contributed by atoms with E-state index in [9.17, 15) is 14.0 Å². The Morgan fingerprint density at radius 1 is 1.11 bits per heavy atom. The Balaban J connectivity index is 1.79. The molecule has 0 aliphatic carbocycles. The first-order valence-electron chi connectivity index (χ1n) is 8.73. The van der Waals surface area contributed by atoms with Crippen molar-refractivity contribution in [2.24, 2.45) is 0 Å². The van der Waals surface area contributed by atoms with Crippen LogP contribution < -0.4 is 15.6 Å². The molecule has 1 atom stereocenters. The molecule has 27 heavy (non-hydrogen) atoms. The minimum atomic E-state index is -0.507. The second-order valence-electron chi connectivity index (χ2n) is 6.06. The number of rotatable bonds is 7. The van der Waals surface area contributed by atoms with Gasteiger partial charge in [-0.05, 0) is 47.7 Å². The lowest BCUT2D eigenvalue weighted by molar-refractivity contribution is -0.128. The third-order valence-electron chi connectivity index (χ3n) is 4.04. The zero-order chi connectivity index (χ0) is 19.6. The first kappa shape index (κ1) is 20.2. The lowest BCUT2D eigenvalue weighted by Gasteiger charge is -2.15. The van der Waals surface area contributed by atoms with Crippen molar-refractivity contribution in [3.05, 3.63) is 71.6 Å². The van der Waals surface area contributed by atoms with Gasteiger partial charge >= 0.3 is 0 Å². The van der Waals surface area contributed by atoms with Gasteiger partial charge < -0.3 is 4.74 Å². The summed E-state index contributed by atoms with van der Waals surface area (Å²) in [6.07, 6.45) is 3.72. The Labute approximate surface area is 158 Å². The van der Waals surface area contributed by atoms with E-state index >= 15 is 0 Å². The van der Waals surface area contributed by atoms with Crippen molar-refractivity contribution in [3.63, 3.8) is 0 Å². The molecule has 0 radical (unpaired) electrons. The molecule has 5 nitrogen and oxygen atoms in total. The van der Waals surface area contributed by atoms with Gasteiger partial charge in [0.05, 0.1) is 0 Å². The number of hydrogen-bond acceptors (Lipinski definition) is 3. The summed E-state index contributed by atoms with van der Waals surface area (Å²) in [5.41, 5.74) is 6.27. The van der Waals surface area contributed by atoms with E-state index in [4.69, 9.17) is 4.74 Å². The Bertz CT molecular complexity index is 803. The van der Waals surface area contributed by atoms with Crippen LogP contribution >= 0.6 is 0 Å². The predicted octanol–water partition coefficient (Wildman–Crippen LogP) is 3.58. The van der Waals surface area contributed by atoms with Crippen LogP contribution in [0.1, 0.15) is 37.3 Å². The van der Waals surface area contributed by atoms with Crippen molar-refractivity contribution in [2.75, 3.05) is 6.61 Å². The maximum Gasteiger partial charge on any atom is 0.276 e. The molecule has 2 N–H and O–H groups in total. The molecule has 0 aromatic heterocycles. The zero-order valence-electron chi connectivity index (χ0n) is 15.4. The lowest BCUT2D eigenvalue weighted by Crippen LogP contribution is -2.43. The van der Waals surface area contributed by atoms with Crippen LogP contribution in [0.25, 0.3) is 6.08 Å². The summed E-state index contributed by atoms with van der Waals surface area (Å²) in [7, 11) is 0. The van der Waals surface area contributed by atoms with E-state index in [-0.39, 0.29) is 12.4 Å². The van der Waals surface area contributed by atoms with Crippen molar-refractivity contribution < 1.29 is 18.7 Å². The molecule has 0 saturated carbocycles. The molecular weight excluding hydrogens is 347 g/mol. The number of benzene rings is 2. The first-order chi connectivity index (χ1) is 13.0. The first-order valence-corrected chi connectivity index (χ1v) is 8.73. The number of hydrogen-bond donors (Lipinski definition) is 2. The average molecular weight is 370 g/mol. The van der Waals surface area contributed by atoms with E-state index < -0.39 is 11.8 Å². The fourth-order valence-corrected chi connectivity index (χ4v) is 2.34. The summed E-state index contributed by atoms with van der Waals surface area (Å²) < 4.78 is 18.4. The van der Waals surface area contributed by atoms with Crippen LogP contribution in [0.15, 0.2) is 54.6 Å². The smallest absolute Gasteiger partial charge is 0.276 e. The van der Waals surface area contributed by atoms with Gasteiger partial charge in [-0.15, -0.1) is 0 Å². The Kier molecular flexibility index (Phi) is 7.55. The zero-order valence-corrected chi connectivity index (χ0v) is 15.4. The van der Waals surface area contributed by atoms with E-state index in [0.29, 0.717) is 17.2 Å². The van der Waals surface area contributed by atoms with Gasteiger partial charge in [-0.25, -0.2) is 4.39 Å². The number of hydrazine groups is 1. The van der Waals surface area contributed by atoms with Crippen LogP contribution in [0.5, 0.6) is 5.75 Å². The largest absolute Gasteiger partial charge is 0.483 e. The Morgan fingerprint density at radius 2 is 1.81 bits per heavy atom. The number of ether oxygens (including phenoxy) is 1. The van der Waals surface area contributed by atoms with Gasteiger partial charge in [0.2, 0.25) is 0 Å². The molecule has 2 aromatic rings. The van der Waals surface area contributed by atoms with Crippen LogP contribution in [-0.4, -0.2) is 18.4 Å². The summed E-state index contributed by atoms with van der Waals surface area (Å²) in [5.74, 6) is -0.353. The van der Waals surface area contributed by atoms with Gasteiger partial charge in [0.1, 0.15) is 11.6 Å². The SMILES string of the molecule is CCC(C)c1ccccc1OCC(=O)NNC(=O)C=Cc1ccc(F)cc1. The molecule has 0 bridgehead atoms. The van der Waals surface area contributed by atoms with Crippen molar-refractivity contribution in [3.8, 4) is 5.75 Å². The molecule has 0 aliphatic heterocycles. The second kappa shape index (κ2) is 10.1. The predicted molar refractivity (Wildman–Crippen MR) is 102 cm³/mol. The lowest BCUT2D eigenvalue weighted by atomic mass is 9.98. The van der Waals surface area contributed by atoms with Crippen LogP contribution in [0.3, 0.4) is 0 Å². The van der Waals surface area contributed by atoms with Crippen molar-refractivity contribution in [1.29, 1.82) is 0 Å². The van der Waals surface area contributed by atoms with Crippen LogP contribution in [0.2, 0.25) is 0 Å². The number of carbonyl (C=O) groups excluding carboxylic acids is 2. The van der Waals surface area contributed by atoms with Crippen LogP contribution in [0, 0.1) is 5.82 Å². The Morgan fingerprint density at radius 3 is 2.52 bits per heavy atom. The van der Waals surface area contributed by atoms with E-state index in [2.05, 4.69) is 24.7 Å². The molecule has 1 unspecified atom stereocenters. The summed E-state index contributed by atoms with van der Waals surface area (Å²) >= 11 is 0. The standard InChI is InChI=1S/C21H23FN2O3/c1-3-15(2)18-6-4-5-7-19(18)27-14-21(26)24-23-20(25)13-10-16-8-11-17(22)12-9-16/h4-13,15H,3,14H2,1-2H3,(H,23,25)(H,24,26). The summed E-state index contributed by atoms with van der Waals surface area (Å²) in [4.78, 5) is 23.6. The summed E-state index contributed by atoms with van der Waals surface area (Å²) in [6, 6.07) is 13.3. The number of amides is 2. The monoisotopic (exact) mass is 370 g/mol. The fraction of sp³-hybridized carbons (Fsp3) is 0.238. The molecule has 0 aliphatic rings. The topological polar surface area (TPSA) is 67.4 Å². The van der Waals surface area contributed by atoms with Crippen molar-refractivity contribution >= 4 is 17.9 Å². The molecule has 2 amide bonds. The second-order valence-corrected chi connectivity index (χ2v) is 6.06. The van der Waals surface area contributed by atoms with Gasteiger partial charge in [0.15, 0.2) is 6.61 Å². The molecule has 0 heterocycles. The highest BCUT2D eigenvalue weighted by molar-refractivity contribution is 5.93. The van der Waals surface area contributed by atoms with Gasteiger partial charge in [0.25, 0.3) is 11.8 Å². The van der Waals surface area contributed by atoms with E-state index in [0.717, 1.165) is 12.0 Å². The minimum Gasteiger partial charge on any atom is -0.483 e. The maximum atomic E-state index is 12.8. The highest BCUT2D eigenvalue weighted by Gasteiger charge is 2.11. The summed E-state index contributed by atoms with van der Waals surface area (Å²) in [5, 5.41) is 0. The van der Waals surface area contributed by atoms with E-state index in [1.807, 2.05) is 24.3 Å². The van der Waals surface area contributed by atoms with Gasteiger partial charge in [-0.3, -0.25) is 20.4 Å². The number of carbonyl (C=O) groups is 2. The van der Waals surface area contributed by atoms with E-state index in [1.54, 1.807) is 12.1 Å². The molecular formula is C21H23FN2O3. The molecule has 2 rings (SSSR count). The number of nitrogens with one attached hydrogen (secondary N) is 2. The minimum absolute atomic E-state index is 0.213. The van der Waals surface area contributed by atoms with Crippen LogP contribution in [0.4, 0.5) is 4.39 Å². The van der Waals surface area contributed by atoms with Gasteiger partial charge in [-0.1, -0.05) is 44.2 Å². The van der Waals surface area contributed by atoms with Gasteiger partial charge in [0, 0.05) is 6.08 Å². The molecule has 0 spiro atoms. The third-order valence-corrected chi connectivity index (χ3v) is 4.04. The Hall–Kier alpha value is -3.15. The van der Waals surface area contributed by atoms with Gasteiger partial charge in [-0.2, -0.15) is 0 Å². The van der Waals surface area contributed by atoms with Crippen molar-refractivity contribution in [2.45, 2.75) is 26.2 Å². The fourth-order valence-electron chi connectivity index (χ4n) is 2.34. The normalized spacial score (nSPS) is 11.8. The number of halogens is 1. The highest BCUT2D eigenvalue weighted by Crippen LogP contribution is 2.28. The van der Waals surface area contributed by atoms with Crippen LogP contribution in [-0.2, 0) is 9.59 Å².